The molecule has 0 aliphatic heterocycles. The number of hydrogen-bond donors (Lipinski definition) is 1. The van der Waals surface area contributed by atoms with Crippen LogP contribution in [0.2, 0.25) is 0 Å². The zero-order chi connectivity index (χ0) is 14.7. The lowest BCUT2D eigenvalue weighted by atomic mass is 10.1. The molecule has 1 N–H and O–H groups in total. The van der Waals surface area contributed by atoms with Gasteiger partial charge in [0.05, 0.1) is 12.8 Å². The summed E-state index contributed by atoms with van der Waals surface area (Å²) in [7, 11) is 3.67. The predicted molar refractivity (Wildman–Crippen MR) is 80.9 cm³/mol. The summed E-state index contributed by atoms with van der Waals surface area (Å²) in [6, 6.07) is 8.47. The molecule has 0 aliphatic carbocycles. The summed E-state index contributed by atoms with van der Waals surface area (Å²) in [6.45, 7) is 7.17. The second kappa shape index (κ2) is 6.09. The first-order chi connectivity index (χ1) is 9.52. The van der Waals surface area contributed by atoms with Gasteiger partial charge >= 0.3 is 0 Å². The van der Waals surface area contributed by atoms with E-state index in [9.17, 15) is 0 Å². The molecule has 0 unspecified atom stereocenters. The normalized spacial score (nSPS) is 12.4. The van der Waals surface area contributed by atoms with Crippen molar-refractivity contribution in [2.75, 3.05) is 7.11 Å². The first-order valence-corrected chi connectivity index (χ1v) is 6.89. The molecule has 4 heteroatoms. The molecule has 2 rings (SSSR count). The molecule has 0 saturated heterocycles. The summed E-state index contributed by atoms with van der Waals surface area (Å²) in [5.41, 5.74) is 4.86. The van der Waals surface area contributed by atoms with Crippen molar-refractivity contribution in [2.24, 2.45) is 7.05 Å². The van der Waals surface area contributed by atoms with E-state index in [-0.39, 0.29) is 0 Å². The lowest BCUT2D eigenvalue weighted by molar-refractivity contribution is 0.414. The van der Waals surface area contributed by atoms with Gasteiger partial charge in [-0.1, -0.05) is 12.1 Å². The molecule has 1 aromatic heterocycles. The zero-order valence-electron chi connectivity index (χ0n) is 12.9. The molecular formula is C16H23N3O. The number of hydrogen-bond acceptors (Lipinski definition) is 3. The van der Waals surface area contributed by atoms with Gasteiger partial charge in [0.25, 0.3) is 0 Å². The summed E-state index contributed by atoms with van der Waals surface area (Å²) in [5.74, 6) is 0.889. The van der Waals surface area contributed by atoms with Crippen molar-refractivity contribution in [3.05, 3.63) is 46.8 Å². The van der Waals surface area contributed by atoms with Crippen LogP contribution in [0, 0.1) is 13.8 Å². The summed E-state index contributed by atoms with van der Waals surface area (Å²) in [4.78, 5) is 0. The zero-order valence-corrected chi connectivity index (χ0v) is 12.9. The molecule has 0 saturated carbocycles. The van der Waals surface area contributed by atoms with Crippen LogP contribution in [0.15, 0.2) is 24.3 Å². The Kier molecular flexibility index (Phi) is 4.45. The van der Waals surface area contributed by atoms with Gasteiger partial charge in [-0.05, 0) is 38.5 Å². The number of aryl methyl sites for hydroxylation is 2. The first-order valence-electron chi connectivity index (χ1n) is 6.89. The number of nitrogens with one attached hydrogen (secondary N) is 1. The highest BCUT2D eigenvalue weighted by atomic mass is 16.5. The first kappa shape index (κ1) is 14.6. The average molecular weight is 273 g/mol. The summed E-state index contributed by atoms with van der Waals surface area (Å²) >= 11 is 0. The van der Waals surface area contributed by atoms with Gasteiger partial charge in [0.15, 0.2) is 0 Å². The minimum atomic E-state index is 0.292. The summed E-state index contributed by atoms with van der Waals surface area (Å²) < 4.78 is 7.12. The lowest BCUT2D eigenvalue weighted by Crippen LogP contribution is -2.18. The predicted octanol–water partition coefficient (Wildman–Crippen LogP) is 2.90. The second-order valence-corrected chi connectivity index (χ2v) is 5.15. The Hall–Kier alpha value is -1.81. The van der Waals surface area contributed by atoms with E-state index in [4.69, 9.17) is 4.74 Å². The molecule has 0 spiro atoms. The Morgan fingerprint density at radius 2 is 1.90 bits per heavy atom. The van der Waals surface area contributed by atoms with E-state index >= 15 is 0 Å². The van der Waals surface area contributed by atoms with Crippen LogP contribution in [0.5, 0.6) is 5.75 Å². The van der Waals surface area contributed by atoms with E-state index < -0.39 is 0 Å². The molecule has 0 amide bonds. The molecule has 0 radical (unpaired) electrons. The fourth-order valence-corrected chi connectivity index (χ4v) is 2.34. The maximum absolute atomic E-state index is 5.18. The molecule has 0 bridgehead atoms. The van der Waals surface area contributed by atoms with E-state index in [1.165, 1.54) is 16.8 Å². The minimum absolute atomic E-state index is 0.292. The van der Waals surface area contributed by atoms with Gasteiger partial charge in [-0.15, -0.1) is 0 Å². The Balaban J connectivity index is 2.02. The quantitative estimate of drug-likeness (QED) is 0.910. The Morgan fingerprint density at radius 1 is 1.25 bits per heavy atom. The van der Waals surface area contributed by atoms with Crippen LogP contribution in [0.25, 0.3) is 0 Å². The van der Waals surface area contributed by atoms with Crippen molar-refractivity contribution in [1.29, 1.82) is 0 Å². The van der Waals surface area contributed by atoms with Gasteiger partial charge in [-0.2, -0.15) is 5.10 Å². The highest BCUT2D eigenvalue weighted by molar-refractivity contribution is 5.29. The number of rotatable bonds is 5. The van der Waals surface area contributed by atoms with Gasteiger partial charge in [0, 0.05) is 30.9 Å². The third kappa shape index (κ3) is 3.02. The van der Waals surface area contributed by atoms with Crippen LogP contribution in [-0.2, 0) is 13.6 Å². The minimum Gasteiger partial charge on any atom is -0.497 e. The number of benzene rings is 1. The summed E-state index contributed by atoms with van der Waals surface area (Å²) in [6.07, 6.45) is 0. The van der Waals surface area contributed by atoms with Crippen LogP contribution in [0.4, 0.5) is 0 Å². The molecular weight excluding hydrogens is 250 g/mol. The van der Waals surface area contributed by atoms with Crippen molar-refractivity contribution in [1.82, 2.24) is 15.1 Å². The third-order valence-corrected chi connectivity index (χ3v) is 3.86. The molecule has 1 heterocycles. The monoisotopic (exact) mass is 273 g/mol. The molecule has 20 heavy (non-hydrogen) atoms. The fourth-order valence-electron chi connectivity index (χ4n) is 2.34. The van der Waals surface area contributed by atoms with Crippen LogP contribution in [0.1, 0.15) is 35.5 Å². The largest absolute Gasteiger partial charge is 0.497 e. The van der Waals surface area contributed by atoms with Crippen LogP contribution >= 0.6 is 0 Å². The van der Waals surface area contributed by atoms with Crippen molar-refractivity contribution >= 4 is 0 Å². The average Bonchev–Trinajstić information content (AvgIpc) is 2.70. The molecule has 108 valence electrons. The number of nitrogens with zero attached hydrogens (tertiary/aromatic N) is 2. The van der Waals surface area contributed by atoms with E-state index in [1.54, 1.807) is 7.11 Å². The van der Waals surface area contributed by atoms with Gasteiger partial charge in [-0.3, -0.25) is 4.68 Å². The topological polar surface area (TPSA) is 39.1 Å². The van der Waals surface area contributed by atoms with Crippen LogP contribution in [-0.4, -0.2) is 16.9 Å². The molecule has 4 nitrogen and oxygen atoms in total. The highest BCUT2D eigenvalue weighted by Crippen LogP contribution is 2.19. The van der Waals surface area contributed by atoms with Crippen molar-refractivity contribution in [2.45, 2.75) is 33.4 Å². The van der Waals surface area contributed by atoms with E-state index in [0.717, 1.165) is 18.0 Å². The van der Waals surface area contributed by atoms with Crippen molar-refractivity contribution < 1.29 is 4.74 Å². The SMILES string of the molecule is COc1ccc([C@@H](C)NCc2c(C)nn(C)c2C)cc1. The number of aromatic nitrogens is 2. The van der Waals surface area contributed by atoms with Gasteiger partial charge in [-0.25, -0.2) is 0 Å². The molecule has 0 fully saturated rings. The standard InChI is InChI=1S/C16H23N3O/c1-11(14-6-8-15(20-5)9-7-14)17-10-16-12(2)18-19(4)13(16)3/h6-9,11,17H,10H2,1-5H3/t11-/m1/s1. The van der Waals surface area contributed by atoms with Crippen LogP contribution in [0.3, 0.4) is 0 Å². The van der Waals surface area contributed by atoms with E-state index in [2.05, 4.69) is 43.3 Å². The Morgan fingerprint density at radius 3 is 2.40 bits per heavy atom. The lowest BCUT2D eigenvalue weighted by Gasteiger charge is -2.15. The van der Waals surface area contributed by atoms with Gasteiger partial charge < -0.3 is 10.1 Å². The molecule has 1 atom stereocenters. The molecule has 0 aliphatic rings. The van der Waals surface area contributed by atoms with Crippen LogP contribution < -0.4 is 10.1 Å². The molecule has 1 aromatic carbocycles. The Labute approximate surface area is 120 Å². The maximum Gasteiger partial charge on any atom is 0.118 e. The fraction of sp³-hybridized carbons (Fsp3) is 0.438. The molecule has 2 aromatic rings. The van der Waals surface area contributed by atoms with Gasteiger partial charge in [0.2, 0.25) is 0 Å². The second-order valence-electron chi connectivity index (χ2n) is 5.15. The summed E-state index contributed by atoms with van der Waals surface area (Å²) in [5, 5.41) is 8.00. The highest BCUT2D eigenvalue weighted by Gasteiger charge is 2.11. The van der Waals surface area contributed by atoms with Crippen molar-refractivity contribution in [3.63, 3.8) is 0 Å². The van der Waals surface area contributed by atoms with Gasteiger partial charge in [0.1, 0.15) is 5.75 Å². The number of ether oxygens (including phenoxy) is 1. The smallest absolute Gasteiger partial charge is 0.118 e. The third-order valence-electron chi connectivity index (χ3n) is 3.86. The van der Waals surface area contributed by atoms with E-state index in [1.807, 2.05) is 23.9 Å². The number of methoxy groups -OCH3 is 1. The van der Waals surface area contributed by atoms with E-state index in [0.29, 0.717) is 6.04 Å². The van der Waals surface area contributed by atoms with Crippen molar-refractivity contribution in [3.8, 4) is 5.75 Å². The maximum atomic E-state index is 5.18. The Bertz CT molecular complexity index is 572.